The number of ether oxygens (including phenoxy) is 1. The van der Waals surface area contributed by atoms with Crippen LogP contribution < -0.4 is 4.74 Å². The molecule has 21 heavy (non-hydrogen) atoms. The minimum atomic E-state index is -0.608. The van der Waals surface area contributed by atoms with Crippen LogP contribution in [0.25, 0.3) is 0 Å². The van der Waals surface area contributed by atoms with Gasteiger partial charge < -0.3 is 9.84 Å². The van der Waals surface area contributed by atoms with Crippen LogP contribution in [-0.2, 0) is 12.8 Å². The van der Waals surface area contributed by atoms with Crippen LogP contribution in [0.5, 0.6) is 5.75 Å². The average Bonchev–Trinajstić information content (AvgIpc) is 2.42. The Morgan fingerprint density at radius 2 is 1.86 bits per heavy atom. The predicted molar refractivity (Wildman–Crippen MR) is 82.6 cm³/mol. The van der Waals surface area contributed by atoms with E-state index in [-0.39, 0.29) is 5.82 Å². The Labute approximate surface area is 129 Å². The lowest BCUT2D eigenvalue weighted by molar-refractivity contribution is 0.174. The molecule has 2 nitrogen and oxygen atoms in total. The highest BCUT2D eigenvalue weighted by Crippen LogP contribution is 2.24. The molecule has 2 aromatic rings. The Hall–Kier alpha value is -1.58. The zero-order valence-corrected chi connectivity index (χ0v) is 12.8. The first-order chi connectivity index (χ1) is 9.99. The molecule has 0 aliphatic rings. The number of hydrogen-bond donors (Lipinski definition) is 1. The summed E-state index contributed by atoms with van der Waals surface area (Å²) >= 11 is 5.98. The van der Waals surface area contributed by atoms with E-state index in [0.29, 0.717) is 17.9 Å². The summed E-state index contributed by atoms with van der Waals surface area (Å²) in [6.45, 7) is 1.99. The average molecular weight is 309 g/mol. The van der Waals surface area contributed by atoms with Gasteiger partial charge in [-0.3, -0.25) is 0 Å². The molecule has 0 radical (unpaired) electrons. The summed E-state index contributed by atoms with van der Waals surface area (Å²) in [7, 11) is 1.61. The number of aliphatic hydroxyl groups is 1. The summed E-state index contributed by atoms with van der Waals surface area (Å²) in [5.41, 5.74) is 2.79. The lowest BCUT2D eigenvalue weighted by Gasteiger charge is -2.15. The fraction of sp³-hybridized carbons (Fsp3) is 0.294. The van der Waals surface area contributed by atoms with Crippen molar-refractivity contribution in [2.45, 2.75) is 25.9 Å². The van der Waals surface area contributed by atoms with Gasteiger partial charge in [-0.15, -0.1) is 0 Å². The van der Waals surface area contributed by atoms with E-state index in [1.807, 2.05) is 25.1 Å². The first kappa shape index (κ1) is 15.8. The van der Waals surface area contributed by atoms with E-state index in [9.17, 15) is 9.50 Å². The molecule has 0 aromatic heterocycles. The third kappa shape index (κ3) is 4.19. The molecule has 0 spiro atoms. The number of methoxy groups -OCH3 is 1. The lowest BCUT2D eigenvalue weighted by Crippen LogP contribution is -2.15. The Bertz CT molecular complexity index is 628. The first-order valence-corrected chi connectivity index (χ1v) is 7.13. The number of hydrogen-bond acceptors (Lipinski definition) is 2. The lowest BCUT2D eigenvalue weighted by atomic mass is 9.99. The van der Waals surface area contributed by atoms with Crippen LogP contribution in [0.15, 0.2) is 36.4 Å². The smallest absolute Gasteiger partial charge is 0.124 e. The molecule has 0 amide bonds. The van der Waals surface area contributed by atoms with E-state index >= 15 is 0 Å². The van der Waals surface area contributed by atoms with Crippen molar-refractivity contribution in [1.82, 2.24) is 0 Å². The molecule has 0 bridgehead atoms. The van der Waals surface area contributed by atoms with Crippen molar-refractivity contribution in [1.29, 1.82) is 0 Å². The highest BCUT2D eigenvalue weighted by atomic mass is 35.5. The summed E-state index contributed by atoms with van der Waals surface area (Å²) in [4.78, 5) is 0. The molecule has 112 valence electrons. The number of benzene rings is 2. The standard InChI is InChI=1S/C17H18ClFO2/c1-11-3-6-17(21-2)13(7-11)9-15(20)8-12-4-5-14(19)10-16(12)18/h3-7,10,15,20H,8-9H2,1-2H3. The summed E-state index contributed by atoms with van der Waals surface area (Å²) < 4.78 is 18.3. The summed E-state index contributed by atoms with van der Waals surface area (Å²) in [6, 6.07) is 10.1. The molecule has 1 unspecified atom stereocenters. The van der Waals surface area contributed by atoms with Gasteiger partial charge in [-0.1, -0.05) is 35.4 Å². The van der Waals surface area contributed by atoms with Crippen molar-refractivity contribution in [3.63, 3.8) is 0 Å². The highest BCUT2D eigenvalue weighted by Gasteiger charge is 2.13. The van der Waals surface area contributed by atoms with E-state index in [0.717, 1.165) is 22.4 Å². The topological polar surface area (TPSA) is 29.5 Å². The quantitative estimate of drug-likeness (QED) is 0.906. The van der Waals surface area contributed by atoms with Crippen LogP contribution in [0.4, 0.5) is 4.39 Å². The maximum absolute atomic E-state index is 13.0. The summed E-state index contributed by atoms with van der Waals surface area (Å²) in [5, 5.41) is 10.6. The van der Waals surface area contributed by atoms with Gasteiger partial charge in [-0.05, 0) is 36.2 Å². The molecule has 0 saturated carbocycles. The van der Waals surface area contributed by atoms with Crippen molar-refractivity contribution >= 4 is 11.6 Å². The normalized spacial score (nSPS) is 12.2. The summed E-state index contributed by atoms with van der Waals surface area (Å²) in [5.74, 6) is 0.378. The highest BCUT2D eigenvalue weighted by molar-refractivity contribution is 6.31. The van der Waals surface area contributed by atoms with Crippen molar-refractivity contribution in [3.8, 4) is 5.75 Å². The zero-order valence-electron chi connectivity index (χ0n) is 12.1. The molecule has 2 aromatic carbocycles. The van der Waals surface area contributed by atoms with Crippen LogP contribution in [0, 0.1) is 12.7 Å². The second-order valence-electron chi connectivity index (χ2n) is 5.11. The molecule has 1 N–H and O–H groups in total. The van der Waals surface area contributed by atoms with Crippen LogP contribution in [-0.4, -0.2) is 18.3 Å². The van der Waals surface area contributed by atoms with Gasteiger partial charge in [0.05, 0.1) is 13.2 Å². The van der Waals surface area contributed by atoms with Crippen molar-refractivity contribution < 1.29 is 14.2 Å². The fourth-order valence-corrected chi connectivity index (χ4v) is 2.58. The SMILES string of the molecule is COc1ccc(C)cc1CC(O)Cc1ccc(F)cc1Cl. The third-order valence-electron chi connectivity index (χ3n) is 3.36. The monoisotopic (exact) mass is 308 g/mol. The number of aliphatic hydroxyl groups excluding tert-OH is 1. The minimum absolute atomic E-state index is 0.338. The molecule has 1 atom stereocenters. The molecule has 0 saturated heterocycles. The van der Waals surface area contributed by atoms with E-state index in [1.165, 1.54) is 12.1 Å². The van der Waals surface area contributed by atoms with Gasteiger partial charge in [0.1, 0.15) is 11.6 Å². The van der Waals surface area contributed by atoms with Gasteiger partial charge >= 0.3 is 0 Å². The molecule has 2 rings (SSSR count). The van der Waals surface area contributed by atoms with Crippen molar-refractivity contribution in [2.24, 2.45) is 0 Å². The second-order valence-corrected chi connectivity index (χ2v) is 5.52. The molecular formula is C17H18ClFO2. The Morgan fingerprint density at radius 3 is 2.52 bits per heavy atom. The van der Waals surface area contributed by atoms with Crippen LogP contribution in [0.2, 0.25) is 5.02 Å². The van der Waals surface area contributed by atoms with E-state index in [4.69, 9.17) is 16.3 Å². The largest absolute Gasteiger partial charge is 0.496 e. The number of halogens is 2. The van der Waals surface area contributed by atoms with Gasteiger partial charge in [0.2, 0.25) is 0 Å². The minimum Gasteiger partial charge on any atom is -0.496 e. The maximum atomic E-state index is 13.0. The van der Waals surface area contributed by atoms with E-state index < -0.39 is 6.10 Å². The van der Waals surface area contributed by atoms with Crippen molar-refractivity contribution in [3.05, 3.63) is 63.9 Å². The first-order valence-electron chi connectivity index (χ1n) is 6.75. The Balaban J connectivity index is 2.11. The van der Waals surface area contributed by atoms with E-state index in [2.05, 4.69) is 0 Å². The Kier molecular flexibility index (Phi) is 5.21. The van der Waals surface area contributed by atoms with Gasteiger partial charge in [0.25, 0.3) is 0 Å². The number of aryl methyl sites for hydroxylation is 1. The Morgan fingerprint density at radius 1 is 1.14 bits per heavy atom. The molecular weight excluding hydrogens is 291 g/mol. The van der Waals surface area contributed by atoms with Gasteiger partial charge in [-0.2, -0.15) is 0 Å². The molecule has 0 heterocycles. The van der Waals surface area contributed by atoms with Gasteiger partial charge in [0.15, 0.2) is 0 Å². The van der Waals surface area contributed by atoms with Crippen LogP contribution in [0.1, 0.15) is 16.7 Å². The molecule has 0 aliphatic heterocycles. The fourth-order valence-electron chi connectivity index (χ4n) is 2.33. The van der Waals surface area contributed by atoms with E-state index in [1.54, 1.807) is 13.2 Å². The third-order valence-corrected chi connectivity index (χ3v) is 3.71. The van der Waals surface area contributed by atoms with Crippen LogP contribution in [0.3, 0.4) is 0 Å². The molecule has 0 aliphatic carbocycles. The van der Waals surface area contributed by atoms with Gasteiger partial charge in [0, 0.05) is 17.9 Å². The zero-order chi connectivity index (χ0) is 15.4. The molecule has 4 heteroatoms. The number of rotatable bonds is 5. The van der Waals surface area contributed by atoms with Crippen molar-refractivity contribution in [2.75, 3.05) is 7.11 Å². The maximum Gasteiger partial charge on any atom is 0.124 e. The van der Waals surface area contributed by atoms with Gasteiger partial charge in [-0.25, -0.2) is 4.39 Å². The predicted octanol–water partition coefficient (Wildman–Crippen LogP) is 3.94. The second kappa shape index (κ2) is 6.92. The van der Waals surface area contributed by atoms with Crippen LogP contribution >= 0.6 is 11.6 Å². The summed E-state index contributed by atoms with van der Waals surface area (Å²) in [6.07, 6.45) is 0.220. The molecule has 0 fully saturated rings.